The maximum Gasteiger partial charge on any atom is 0.222 e. The molecule has 1 heterocycles. The van der Waals surface area contributed by atoms with Crippen molar-refractivity contribution in [3.63, 3.8) is 0 Å². The van der Waals surface area contributed by atoms with E-state index >= 15 is 0 Å². The molecule has 6 heteroatoms. The number of likely N-dealkylation sites (tertiary alicyclic amines) is 1. The van der Waals surface area contributed by atoms with Crippen molar-refractivity contribution in [2.24, 2.45) is 4.99 Å². The lowest BCUT2D eigenvalue weighted by Gasteiger charge is -2.28. The minimum atomic E-state index is -0.192. The second kappa shape index (κ2) is 9.39. The molecule has 1 atom stereocenters. The summed E-state index contributed by atoms with van der Waals surface area (Å²) in [6.07, 6.45) is 6.05. The Hall–Kier alpha value is -2.11. The highest BCUT2D eigenvalue weighted by Crippen LogP contribution is 2.41. The maximum absolute atomic E-state index is 13.4. The van der Waals surface area contributed by atoms with Crippen LogP contribution in [0.4, 0.5) is 4.39 Å². The van der Waals surface area contributed by atoms with Gasteiger partial charge in [-0.3, -0.25) is 9.79 Å². The molecule has 1 aromatic rings. The lowest BCUT2D eigenvalue weighted by Crippen LogP contribution is -2.45. The normalized spacial score (nSPS) is 21.8. The number of guanidine groups is 1. The molecule has 1 aliphatic heterocycles. The molecule has 1 saturated carbocycles. The Bertz CT molecular complexity index is 682. The molecule has 0 aromatic heterocycles. The maximum atomic E-state index is 13.4. The van der Waals surface area contributed by atoms with Gasteiger partial charge in [-0.1, -0.05) is 31.9 Å². The highest BCUT2D eigenvalue weighted by Gasteiger charge is 2.35. The van der Waals surface area contributed by atoms with E-state index in [1.165, 1.54) is 18.4 Å². The Morgan fingerprint density at radius 1 is 1.25 bits per heavy atom. The summed E-state index contributed by atoms with van der Waals surface area (Å²) < 4.78 is 13.4. The average molecular weight is 389 g/mol. The van der Waals surface area contributed by atoms with Crippen LogP contribution in [0.1, 0.15) is 57.9 Å². The van der Waals surface area contributed by atoms with Crippen LogP contribution in [0.3, 0.4) is 0 Å². The summed E-state index contributed by atoms with van der Waals surface area (Å²) >= 11 is 0. The molecule has 1 saturated heterocycles. The summed E-state index contributed by atoms with van der Waals surface area (Å²) in [5.41, 5.74) is 1.18. The van der Waals surface area contributed by atoms with E-state index in [1.54, 1.807) is 12.1 Å². The van der Waals surface area contributed by atoms with E-state index in [-0.39, 0.29) is 23.2 Å². The molecule has 28 heavy (non-hydrogen) atoms. The quantitative estimate of drug-likeness (QED) is 0.581. The number of amides is 1. The van der Waals surface area contributed by atoms with Gasteiger partial charge in [0.05, 0.1) is 6.54 Å². The van der Waals surface area contributed by atoms with Gasteiger partial charge in [0, 0.05) is 37.5 Å². The van der Waals surface area contributed by atoms with Crippen LogP contribution in [0.25, 0.3) is 0 Å². The minimum Gasteiger partial charge on any atom is -0.357 e. The summed E-state index contributed by atoms with van der Waals surface area (Å²) in [6.45, 7) is 7.00. The second-order valence-electron chi connectivity index (χ2n) is 8.01. The van der Waals surface area contributed by atoms with E-state index in [2.05, 4.69) is 17.6 Å². The number of halogens is 1. The zero-order valence-electron chi connectivity index (χ0n) is 17.1. The van der Waals surface area contributed by atoms with Gasteiger partial charge in [-0.15, -0.1) is 0 Å². The van der Waals surface area contributed by atoms with Gasteiger partial charge in [0.1, 0.15) is 5.82 Å². The third-order valence-electron chi connectivity index (χ3n) is 6.09. The molecule has 2 aliphatic rings. The predicted octanol–water partition coefficient (Wildman–Crippen LogP) is 3.20. The lowest BCUT2D eigenvalue weighted by molar-refractivity contribution is -0.129. The fraction of sp³-hybridized carbons (Fsp3) is 0.636. The zero-order chi connectivity index (χ0) is 20.0. The highest BCUT2D eigenvalue weighted by molar-refractivity contribution is 5.80. The first-order valence-corrected chi connectivity index (χ1v) is 10.6. The SMILES string of the molecule is CCNC(=NCC1(c2ccc(F)cc2)CCCC1)NC1CCN(C(=O)CC)C1. The van der Waals surface area contributed by atoms with Crippen molar-refractivity contribution < 1.29 is 9.18 Å². The molecule has 5 nitrogen and oxygen atoms in total. The number of benzene rings is 1. The first-order valence-electron chi connectivity index (χ1n) is 10.6. The molecule has 0 spiro atoms. The molecular formula is C22H33FN4O. The van der Waals surface area contributed by atoms with Crippen molar-refractivity contribution in [2.75, 3.05) is 26.2 Å². The third kappa shape index (κ3) is 4.83. The number of carbonyl (C=O) groups is 1. The van der Waals surface area contributed by atoms with Crippen LogP contribution in [-0.4, -0.2) is 49.0 Å². The van der Waals surface area contributed by atoms with E-state index in [9.17, 15) is 9.18 Å². The number of hydrogen-bond donors (Lipinski definition) is 2. The van der Waals surface area contributed by atoms with Crippen LogP contribution in [0.2, 0.25) is 0 Å². The predicted molar refractivity (Wildman–Crippen MR) is 111 cm³/mol. The molecule has 1 aromatic carbocycles. The van der Waals surface area contributed by atoms with Crippen LogP contribution >= 0.6 is 0 Å². The largest absolute Gasteiger partial charge is 0.357 e. The number of hydrogen-bond acceptors (Lipinski definition) is 2. The van der Waals surface area contributed by atoms with Crippen LogP contribution in [-0.2, 0) is 10.2 Å². The summed E-state index contributed by atoms with van der Waals surface area (Å²) in [5, 5.41) is 6.86. The van der Waals surface area contributed by atoms with Gasteiger partial charge in [-0.25, -0.2) is 4.39 Å². The summed E-state index contributed by atoms with van der Waals surface area (Å²) in [6, 6.07) is 7.18. The van der Waals surface area contributed by atoms with Crippen molar-refractivity contribution in [3.8, 4) is 0 Å². The summed E-state index contributed by atoms with van der Waals surface area (Å²) in [5.74, 6) is 0.835. The first kappa shape index (κ1) is 20.6. The zero-order valence-corrected chi connectivity index (χ0v) is 17.1. The molecule has 2 fully saturated rings. The molecule has 154 valence electrons. The highest BCUT2D eigenvalue weighted by atomic mass is 19.1. The molecule has 0 radical (unpaired) electrons. The van der Waals surface area contributed by atoms with Crippen LogP contribution in [0.5, 0.6) is 0 Å². The Kier molecular flexibility index (Phi) is 6.92. The standard InChI is InChI=1S/C22H33FN4O/c1-3-20(28)27-14-11-19(15-27)26-21(24-4-2)25-16-22(12-5-6-13-22)17-7-9-18(23)10-8-17/h7-10,19H,3-6,11-16H2,1-2H3,(H2,24,25,26). The Balaban J connectivity index is 1.69. The van der Waals surface area contributed by atoms with Gasteiger partial charge >= 0.3 is 0 Å². The number of carbonyl (C=O) groups excluding carboxylic acids is 1. The third-order valence-corrected chi connectivity index (χ3v) is 6.09. The van der Waals surface area contributed by atoms with E-state index in [0.29, 0.717) is 13.0 Å². The van der Waals surface area contributed by atoms with Crippen LogP contribution in [0, 0.1) is 5.82 Å². The van der Waals surface area contributed by atoms with E-state index in [0.717, 1.165) is 44.9 Å². The van der Waals surface area contributed by atoms with Gasteiger partial charge < -0.3 is 15.5 Å². The summed E-state index contributed by atoms with van der Waals surface area (Å²) in [4.78, 5) is 18.8. The second-order valence-corrected chi connectivity index (χ2v) is 8.01. The number of nitrogens with one attached hydrogen (secondary N) is 2. The molecule has 0 bridgehead atoms. The van der Waals surface area contributed by atoms with Gasteiger partial charge in [0.15, 0.2) is 5.96 Å². The minimum absolute atomic E-state index is 0.00403. The van der Waals surface area contributed by atoms with Gasteiger partial charge in [-0.05, 0) is 43.9 Å². The van der Waals surface area contributed by atoms with Crippen LogP contribution < -0.4 is 10.6 Å². The van der Waals surface area contributed by atoms with Gasteiger partial charge in [-0.2, -0.15) is 0 Å². The smallest absolute Gasteiger partial charge is 0.222 e. The average Bonchev–Trinajstić information content (AvgIpc) is 3.37. The number of rotatable bonds is 6. The first-order chi connectivity index (χ1) is 13.6. The Morgan fingerprint density at radius 2 is 1.96 bits per heavy atom. The molecule has 2 N–H and O–H groups in total. The van der Waals surface area contributed by atoms with Crippen molar-refractivity contribution in [1.82, 2.24) is 15.5 Å². The Labute approximate surface area is 167 Å². The van der Waals surface area contributed by atoms with E-state index in [1.807, 2.05) is 24.0 Å². The molecule has 3 rings (SSSR count). The van der Waals surface area contributed by atoms with Crippen molar-refractivity contribution in [3.05, 3.63) is 35.6 Å². The topological polar surface area (TPSA) is 56.7 Å². The van der Waals surface area contributed by atoms with E-state index < -0.39 is 0 Å². The summed E-state index contributed by atoms with van der Waals surface area (Å²) in [7, 11) is 0. The van der Waals surface area contributed by atoms with Crippen molar-refractivity contribution >= 4 is 11.9 Å². The van der Waals surface area contributed by atoms with Gasteiger partial charge in [0.25, 0.3) is 0 Å². The van der Waals surface area contributed by atoms with Crippen LogP contribution in [0.15, 0.2) is 29.3 Å². The van der Waals surface area contributed by atoms with Crippen molar-refractivity contribution in [1.29, 1.82) is 0 Å². The molecule has 1 aliphatic carbocycles. The van der Waals surface area contributed by atoms with Crippen molar-refractivity contribution in [2.45, 2.75) is 63.8 Å². The van der Waals surface area contributed by atoms with E-state index in [4.69, 9.17) is 4.99 Å². The fourth-order valence-electron chi connectivity index (χ4n) is 4.47. The molecular weight excluding hydrogens is 355 g/mol. The number of nitrogens with zero attached hydrogens (tertiary/aromatic N) is 2. The van der Waals surface area contributed by atoms with Gasteiger partial charge in [0.2, 0.25) is 5.91 Å². The lowest BCUT2D eigenvalue weighted by atomic mass is 9.79. The fourth-order valence-corrected chi connectivity index (χ4v) is 4.47. The molecule has 1 unspecified atom stereocenters. The monoisotopic (exact) mass is 388 g/mol. The molecule has 1 amide bonds. The Morgan fingerprint density at radius 3 is 2.61 bits per heavy atom. The number of aliphatic imine (C=N–C) groups is 1.